The fraction of sp³-hybridized carbons (Fsp3) is 0.175. The summed E-state index contributed by atoms with van der Waals surface area (Å²) < 4.78 is 140. The minimum atomic E-state index is -6.09. The van der Waals surface area contributed by atoms with Gasteiger partial charge in [-0.15, -0.1) is 0 Å². The Morgan fingerprint density at radius 1 is 0.310 bits per heavy atom. The van der Waals surface area contributed by atoms with Crippen LogP contribution in [-0.2, 0) is 20.2 Å². The van der Waals surface area contributed by atoms with Gasteiger partial charge in [0, 0.05) is 65.0 Å². The molecule has 13 rings (SSSR count). The van der Waals surface area contributed by atoms with Gasteiger partial charge in [-0.25, -0.2) is 26.3 Å². The maximum Gasteiger partial charge on any atom is 0.485 e. The first-order valence-electron chi connectivity index (χ1n) is 32.2. The van der Waals surface area contributed by atoms with Gasteiger partial charge in [0.2, 0.25) is 11.4 Å². The topological polar surface area (TPSA) is 169 Å². The number of halogens is 6. The van der Waals surface area contributed by atoms with Gasteiger partial charge in [0.15, 0.2) is 34.3 Å². The lowest BCUT2D eigenvalue weighted by Gasteiger charge is -2.23. The van der Waals surface area contributed by atoms with E-state index in [-0.39, 0.29) is 0 Å². The van der Waals surface area contributed by atoms with Crippen molar-refractivity contribution in [3.63, 3.8) is 0 Å². The minimum Gasteiger partial charge on any atom is -0.741 e. The van der Waals surface area contributed by atoms with Crippen LogP contribution in [0.2, 0.25) is 0 Å². The summed E-state index contributed by atoms with van der Waals surface area (Å²) in [5.41, 5.74) is 0.329. The van der Waals surface area contributed by atoms with Crippen LogP contribution in [0.3, 0.4) is 0 Å². The lowest BCUT2D eigenvalue weighted by Crippen LogP contribution is -2.66. The number of benzene rings is 11. The summed E-state index contributed by atoms with van der Waals surface area (Å²) in [5, 5.41) is 12.1. The number of nitrogens with one attached hydrogen (secondary N) is 2. The molecule has 100 heavy (non-hydrogen) atoms. The summed E-state index contributed by atoms with van der Waals surface area (Å²) in [6.45, 7) is 18.3. The fourth-order valence-electron chi connectivity index (χ4n) is 11.9. The van der Waals surface area contributed by atoms with Crippen LogP contribution in [0.25, 0.3) is 43.9 Å². The van der Waals surface area contributed by atoms with Crippen LogP contribution in [0.1, 0.15) is 101 Å². The normalized spacial score (nSPS) is 12.1. The molecule has 0 aliphatic rings. The van der Waals surface area contributed by atoms with E-state index < -0.39 is 45.4 Å². The van der Waals surface area contributed by atoms with E-state index in [1.807, 2.05) is 48.5 Å². The molecule has 0 fully saturated rings. The van der Waals surface area contributed by atoms with Crippen molar-refractivity contribution in [2.75, 3.05) is 0 Å². The lowest BCUT2D eigenvalue weighted by atomic mass is 9.93. The Labute approximate surface area is 580 Å². The van der Waals surface area contributed by atoms with Gasteiger partial charge in [-0.1, -0.05) is 262 Å². The minimum absolute atomic E-state index is 0.377. The van der Waals surface area contributed by atoms with E-state index in [2.05, 4.69) is 295 Å². The molecular weight excluding hydrogens is 1360 g/mol. The van der Waals surface area contributed by atoms with Crippen molar-refractivity contribution in [1.29, 1.82) is 0 Å². The Morgan fingerprint density at radius 2 is 0.520 bits per heavy atom. The molecule has 0 aliphatic carbocycles. The van der Waals surface area contributed by atoms with Crippen LogP contribution < -0.4 is 41.3 Å². The van der Waals surface area contributed by atoms with E-state index in [9.17, 15) is 26.3 Å². The first kappa shape index (κ1) is 75.1. The quantitative estimate of drug-likeness (QED) is 0.0527. The summed E-state index contributed by atoms with van der Waals surface area (Å²) in [5.74, 6) is 1.51. The lowest BCUT2D eigenvalue weighted by molar-refractivity contribution is -0.329. The second kappa shape index (κ2) is 32.0. The Morgan fingerprint density at radius 3 is 0.760 bits per heavy atom. The third-order valence-electron chi connectivity index (χ3n) is 16.6. The van der Waals surface area contributed by atoms with Gasteiger partial charge in [0.25, 0.3) is 0 Å². The van der Waals surface area contributed by atoms with Crippen LogP contribution >= 0.6 is 14.1 Å². The summed E-state index contributed by atoms with van der Waals surface area (Å²) in [4.78, 5) is 0. The highest BCUT2D eigenvalue weighted by atomic mass is 32.2. The summed E-state index contributed by atoms with van der Waals surface area (Å²) >= 11 is 0. The number of para-hydroxylation sites is 6. The van der Waals surface area contributed by atoms with Crippen molar-refractivity contribution in [1.82, 2.24) is 0 Å². The van der Waals surface area contributed by atoms with Crippen LogP contribution in [0.5, 0.6) is 0 Å². The highest BCUT2D eigenvalue weighted by Crippen LogP contribution is 2.47. The van der Waals surface area contributed by atoms with Gasteiger partial charge in [0.1, 0.15) is 22.3 Å². The number of furan rings is 2. The van der Waals surface area contributed by atoms with Gasteiger partial charge in [0.05, 0.1) is 10.6 Å². The van der Waals surface area contributed by atoms with Crippen molar-refractivity contribution in [3.05, 3.63) is 301 Å². The van der Waals surface area contributed by atoms with Gasteiger partial charge >= 0.3 is 11.0 Å². The van der Waals surface area contributed by atoms with E-state index in [4.69, 9.17) is 34.8 Å². The largest absolute Gasteiger partial charge is 0.741 e. The van der Waals surface area contributed by atoms with E-state index >= 15 is 0 Å². The van der Waals surface area contributed by atoms with E-state index in [1.54, 1.807) is 0 Å². The Balaban J connectivity index is 0.000000179. The predicted molar refractivity (Wildman–Crippen MR) is 393 cm³/mol. The van der Waals surface area contributed by atoms with Gasteiger partial charge in [-0.3, -0.25) is 0 Å². The van der Waals surface area contributed by atoms with Crippen LogP contribution in [0, 0.1) is 0 Å². The van der Waals surface area contributed by atoms with Crippen LogP contribution in [-0.4, -0.2) is 37.0 Å². The van der Waals surface area contributed by atoms with Crippen molar-refractivity contribution in [2.24, 2.45) is 0 Å². The molecule has 0 bridgehead atoms. The van der Waals surface area contributed by atoms with Crippen LogP contribution in [0.4, 0.5) is 37.7 Å². The zero-order valence-corrected chi connectivity index (χ0v) is 59.5. The molecule has 0 saturated heterocycles. The van der Waals surface area contributed by atoms with Gasteiger partial charge in [-0.2, -0.15) is 26.3 Å². The predicted octanol–water partition coefficient (Wildman–Crippen LogP) is 17.2. The molecule has 0 aliphatic heterocycles. The molecule has 518 valence electrons. The van der Waals surface area contributed by atoms with Gasteiger partial charge in [-0.05, 0) is 96.5 Å². The third-order valence-corrected chi connectivity index (χ3v) is 25.3. The first-order valence-corrected chi connectivity index (χ1v) is 38.6. The van der Waals surface area contributed by atoms with E-state index in [1.165, 1.54) is 65.5 Å². The number of hydrogen-bond acceptors (Lipinski definition) is 8. The highest BCUT2D eigenvalue weighted by molar-refractivity contribution is 7.87. The zero-order valence-electron chi connectivity index (χ0n) is 56.1. The SMILES string of the molecule is CC(C)c1cccc(C(C)C)c1[NH+]=P(c1ccccc1)(c1ccccc1)c1cccc2c1oc1ccccc12.CC(C)c1cccc(C(C)C)c1[NH+]=P(c1ccccc1)(c1ccccc1)c1cccc2c1oc1ccccc12.O=S(=O)([O-])C(F)(F)F.O=S(=O)([O-])C(F)(F)F.c1ccccc1. The fourth-order valence-corrected chi connectivity index (χ4v) is 19.6. The molecule has 11 aromatic carbocycles. The molecule has 0 saturated carbocycles. The molecular formula is C80H76F6N2O8P2S2. The monoisotopic (exact) mass is 1430 g/mol. The van der Waals surface area contributed by atoms with Crippen LogP contribution in [0.15, 0.2) is 288 Å². The molecule has 0 atom stereocenters. The molecule has 2 heterocycles. The molecule has 0 spiro atoms. The second-order valence-electron chi connectivity index (χ2n) is 24.6. The Hall–Kier alpha value is -9.12. The molecule has 13 aromatic rings. The first-order chi connectivity index (χ1) is 47.5. The number of alkyl halides is 6. The smallest absolute Gasteiger partial charge is 0.485 e. The van der Waals surface area contributed by atoms with E-state index in [0.717, 1.165) is 43.9 Å². The molecule has 20 heteroatoms. The van der Waals surface area contributed by atoms with E-state index in [0.29, 0.717) is 23.7 Å². The average Bonchev–Trinajstić information content (AvgIpc) is 1.31. The summed E-state index contributed by atoms with van der Waals surface area (Å²) in [7, 11) is -17.1. The van der Waals surface area contributed by atoms with Crippen molar-refractivity contribution >= 4 is 121 Å². The highest BCUT2D eigenvalue weighted by Gasteiger charge is 2.41. The summed E-state index contributed by atoms with van der Waals surface area (Å²) in [6.07, 6.45) is 0. The Bertz CT molecular complexity index is 4780. The van der Waals surface area contributed by atoms with Crippen molar-refractivity contribution in [2.45, 2.75) is 90.1 Å². The van der Waals surface area contributed by atoms with Crippen molar-refractivity contribution in [3.8, 4) is 0 Å². The second-order valence-corrected chi connectivity index (χ2v) is 33.5. The average molecular weight is 1430 g/mol. The standard InChI is InChI=1S/2C36H34NOP.C6H6.2CHF3O3S/c2*1-25(2)29-20-13-21-30(26(3)4)35(29)37-39(27-15-7-5-8-16-27,28-17-9-6-10-18-28)34-24-14-22-32-31-19-11-12-23-33(31)38-36(32)34;1-2-4-6-5-3-1;2*2-1(3,4)8(5,6)7/h2*5-26H,1-4H3;1-6H;2*(H,5,6,7). The summed E-state index contributed by atoms with van der Waals surface area (Å²) in [6, 6.07) is 99.5. The molecule has 0 radical (unpaired) electrons. The molecule has 10 nitrogen and oxygen atoms in total. The zero-order chi connectivity index (χ0) is 72.2. The molecule has 0 unspecified atom stereocenters. The van der Waals surface area contributed by atoms with Crippen molar-refractivity contribution < 1.29 is 70.6 Å². The number of hydrogen-bond donors (Lipinski definition) is 2. The Kier molecular flexibility index (Phi) is 24.1. The van der Waals surface area contributed by atoms with Gasteiger partial charge < -0.3 is 17.9 Å². The maximum atomic E-state index is 10.7. The number of fused-ring (bicyclic) bond motifs is 6. The number of rotatable bonds is 12. The molecule has 2 N–H and O–H groups in total. The third kappa shape index (κ3) is 16.7. The molecule has 2 aromatic heterocycles. The molecule has 0 amide bonds. The maximum absolute atomic E-state index is 10.7.